The molecule has 3 N–H and O–H groups in total. The Labute approximate surface area is 59.3 Å². The number of nitrogens with two attached hydrogens (primary N) is 1. The second-order valence-electron chi connectivity index (χ2n) is 2.15. The first-order valence-electron chi connectivity index (χ1n) is 3.17. The van der Waals surface area contributed by atoms with E-state index in [1.807, 2.05) is 0 Å². The van der Waals surface area contributed by atoms with Crippen LogP contribution < -0.4 is 5.73 Å². The van der Waals surface area contributed by atoms with E-state index < -0.39 is 6.10 Å². The molecule has 0 spiro atoms. The molecule has 0 aliphatic rings. The Bertz CT molecular complexity index is 173. The molecule has 56 valence electrons. The van der Waals surface area contributed by atoms with Crippen LogP contribution in [0.4, 0.5) is 0 Å². The average Bonchev–Trinajstić information content (AvgIpc) is 2.40. The van der Waals surface area contributed by atoms with Gasteiger partial charge in [-0.25, -0.2) is 4.98 Å². The minimum atomic E-state index is -0.464. The van der Waals surface area contributed by atoms with Gasteiger partial charge < -0.3 is 15.4 Å². The molecule has 0 radical (unpaired) electrons. The summed E-state index contributed by atoms with van der Waals surface area (Å²) in [5, 5.41) is 9.06. The van der Waals surface area contributed by atoms with Gasteiger partial charge in [-0.2, -0.15) is 0 Å². The van der Waals surface area contributed by atoms with Crippen molar-refractivity contribution in [1.82, 2.24) is 9.55 Å². The minimum Gasteiger partial charge on any atom is -0.390 e. The highest BCUT2D eigenvalue weighted by atomic mass is 16.3. The van der Waals surface area contributed by atoms with Crippen LogP contribution in [0.2, 0.25) is 0 Å². The molecule has 0 aliphatic carbocycles. The second-order valence-corrected chi connectivity index (χ2v) is 2.15. The van der Waals surface area contributed by atoms with E-state index in [4.69, 9.17) is 10.8 Å². The summed E-state index contributed by atoms with van der Waals surface area (Å²) in [6.07, 6.45) is 4.65. The Morgan fingerprint density at radius 2 is 2.50 bits per heavy atom. The molecular weight excluding hydrogens is 130 g/mol. The van der Waals surface area contributed by atoms with Gasteiger partial charge in [-0.05, 0) is 0 Å². The normalized spacial score (nSPS) is 13.4. The lowest BCUT2D eigenvalue weighted by molar-refractivity contribution is 0.162. The van der Waals surface area contributed by atoms with E-state index >= 15 is 0 Å². The molecule has 1 atom stereocenters. The van der Waals surface area contributed by atoms with Gasteiger partial charge in [0.05, 0.1) is 19.0 Å². The van der Waals surface area contributed by atoms with Crippen molar-refractivity contribution in [3.63, 3.8) is 0 Å². The lowest BCUT2D eigenvalue weighted by Crippen LogP contribution is -2.24. The van der Waals surface area contributed by atoms with Crippen LogP contribution in [0.25, 0.3) is 0 Å². The summed E-state index contributed by atoms with van der Waals surface area (Å²) in [4.78, 5) is 3.82. The molecule has 0 saturated carbocycles. The summed E-state index contributed by atoms with van der Waals surface area (Å²) in [6, 6.07) is 0. The number of nitrogens with zero attached hydrogens (tertiary/aromatic N) is 2. The topological polar surface area (TPSA) is 64.1 Å². The fourth-order valence-electron chi connectivity index (χ4n) is 0.713. The predicted molar refractivity (Wildman–Crippen MR) is 37.3 cm³/mol. The van der Waals surface area contributed by atoms with Crippen LogP contribution in [0.3, 0.4) is 0 Å². The first-order chi connectivity index (χ1) is 4.83. The van der Waals surface area contributed by atoms with Gasteiger partial charge in [0, 0.05) is 18.9 Å². The molecule has 0 saturated heterocycles. The Hall–Kier alpha value is -0.870. The van der Waals surface area contributed by atoms with Gasteiger partial charge in [-0.15, -0.1) is 0 Å². The first-order valence-corrected chi connectivity index (χ1v) is 3.17. The molecule has 4 nitrogen and oxygen atoms in total. The molecule has 0 bridgehead atoms. The molecular formula is C6H11N3O. The summed E-state index contributed by atoms with van der Waals surface area (Å²) in [5.41, 5.74) is 5.20. The van der Waals surface area contributed by atoms with Crippen molar-refractivity contribution >= 4 is 0 Å². The molecule has 0 aromatic carbocycles. The minimum absolute atomic E-state index is 0.290. The molecule has 0 unspecified atom stereocenters. The van der Waals surface area contributed by atoms with Crippen molar-refractivity contribution in [3.8, 4) is 0 Å². The third kappa shape index (κ3) is 1.82. The lowest BCUT2D eigenvalue weighted by atomic mass is 10.3. The van der Waals surface area contributed by atoms with Crippen molar-refractivity contribution in [2.75, 3.05) is 6.54 Å². The Morgan fingerprint density at radius 3 is 3.00 bits per heavy atom. The number of rotatable bonds is 3. The van der Waals surface area contributed by atoms with E-state index in [0.29, 0.717) is 6.54 Å². The van der Waals surface area contributed by atoms with Crippen LogP contribution >= 0.6 is 0 Å². The first kappa shape index (κ1) is 7.24. The zero-order valence-corrected chi connectivity index (χ0v) is 5.64. The summed E-state index contributed by atoms with van der Waals surface area (Å²) < 4.78 is 1.79. The van der Waals surface area contributed by atoms with Crippen molar-refractivity contribution in [3.05, 3.63) is 18.7 Å². The second kappa shape index (κ2) is 3.34. The third-order valence-electron chi connectivity index (χ3n) is 1.25. The Morgan fingerprint density at radius 1 is 1.70 bits per heavy atom. The number of hydrogen-bond acceptors (Lipinski definition) is 3. The zero-order valence-electron chi connectivity index (χ0n) is 5.64. The van der Waals surface area contributed by atoms with Gasteiger partial charge in [0.1, 0.15) is 0 Å². The SMILES string of the molecule is NC[C@@H](O)Cn1ccnc1. The molecule has 1 heterocycles. The lowest BCUT2D eigenvalue weighted by Gasteiger charge is -2.06. The number of aliphatic hydroxyl groups excluding tert-OH is 1. The monoisotopic (exact) mass is 141 g/mol. The van der Waals surface area contributed by atoms with Gasteiger partial charge in [0.2, 0.25) is 0 Å². The smallest absolute Gasteiger partial charge is 0.0946 e. The maximum Gasteiger partial charge on any atom is 0.0946 e. The predicted octanol–water partition coefficient (Wildman–Crippen LogP) is -0.797. The summed E-state index contributed by atoms with van der Waals surface area (Å²) in [5.74, 6) is 0. The molecule has 0 amide bonds. The summed E-state index contributed by atoms with van der Waals surface area (Å²) in [7, 11) is 0. The molecule has 1 rings (SSSR count). The van der Waals surface area contributed by atoms with Crippen LogP contribution in [0, 0.1) is 0 Å². The summed E-state index contributed by atoms with van der Waals surface area (Å²) in [6.45, 7) is 0.814. The largest absolute Gasteiger partial charge is 0.390 e. The van der Waals surface area contributed by atoms with E-state index in [1.54, 1.807) is 23.3 Å². The standard InChI is InChI=1S/C6H11N3O/c7-3-6(10)4-9-2-1-8-5-9/h1-2,5-6,10H,3-4,7H2/t6-/m1/s1. The van der Waals surface area contributed by atoms with Crippen LogP contribution in [0.1, 0.15) is 0 Å². The number of hydrogen-bond donors (Lipinski definition) is 2. The van der Waals surface area contributed by atoms with Crippen molar-refractivity contribution in [1.29, 1.82) is 0 Å². The van der Waals surface area contributed by atoms with Gasteiger partial charge >= 0.3 is 0 Å². The highest BCUT2D eigenvalue weighted by Crippen LogP contribution is 1.89. The Kier molecular flexibility index (Phi) is 2.42. The zero-order chi connectivity index (χ0) is 7.40. The molecule has 1 aromatic heterocycles. The fraction of sp³-hybridized carbons (Fsp3) is 0.500. The molecule has 0 aliphatic heterocycles. The van der Waals surface area contributed by atoms with Crippen LogP contribution in [0.5, 0.6) is 0 Å². The highest BCUT2D eigenvalue weighted by Gasteiger charge is 1.99. The number of aromatic nitrogens is 2. The Balaban J connectivity index is 2.40. The number of aliphatic hydroxyl groups is 1. The molecule has 4 heteroatoms. The van der Waals surface area contributed by atoms with E-state index in [1.165, 1.54) is 0 Å². The summed E-state index contributed by atoms with van der Waals surface area (Å²) >= 11 is 0. The average molecular weight is 141 g/mol. The van der Waals surface area contributed by atoms with Crippen molar-refractivity contribution in [2.45, 2.75) is 12.6 Å². The molecule has 0 fully saturated rings. The van der Waals surface area contributed by atoms with E-state index in [0.717, 1.165) is 0 Å². The quantitative estimate of drug-likeness (QED) is 0.579. The van der Waals surface area contributed by atoms with Crippen molar-refractivity contribution in [2.24, 2.45) is 5.73 Å². The van der Waals surface area contributed by atoms with Gasteiger partial charge in [-0.3, -0.25) is 0 Å². The van der Waals surface area contributed by atoms with E-state index in [-0.39, 0.29) is 6.54 Å². The van der Waals surface area contributed by atoms with Gasteiger partial charge in [-0.1, -0.05) is 0 Å². The van der Waals surface area contributed by atoms with Crippen LogP contribution in [0.15, 0.2) is 18.7 Å². The maximum absolute atomic E-state index is 9.06. The van der Waals surface area contributed by atoms with Gasteiger partial charge in [0.25, 0.3) is 0 Å². The molecule has 10 heavy (non-hydrogen) atoms. The van der Waals surface area contributed by atoms with Gasteiger partial charge in [0.15, 0.2) is 0 Å². The van der Waals surface area contributed by atoms with Crippen molar-refractivity contribution < 1.29 is 5.11 Å². The third-order valence-corrected chi connectivity index (χ3v) is 1.25. The van der Waals surface area contributed by atoms with Crippen LogP contribution in [-0.4, -0.2) is 27.3 Å². The number of imidazole rings is 1. The maximum atomic E-state index is 9.06. The highest BCUT2D eigenvalue weighted by molar-refractivity contribution is 4.75. The molecule has 1 aromatic rings. The van der Waals surface area contributed by atoms with E-state index in [2.05, 4.69) is 4.98 Å². The van der Waals surface area contributed by atoms with E-state index in [9.17, 15) is 0 Å². The fourth-order valence-corrected chi connectivity index (χ4v) is 0.713. The van der Waals surface area contributed by atoms with Crippen LogP contribution in [-0.2, 0) is 6.54 Å².